The van der Waals surface area contributed by atoms with Gasteiger partial charge in [-0.1, -0.05) is 0 Å². The van der Waals surface area contributed by atoms with Crippen LogP contribution in [0.15, 0.2) is 28.2 Å². The van der Waals surface area contributed by atoms with Crippen LogP contribution in [0.2, 0.25) is 0 Å². The highest BCUT2D eigenvalue weighted by Crippen LogP contribution is 2.02. The summed E-state index contributed by atoms with van der Waals surface area (Å²) in [5.74, 6) is 0.457. The fraction of sp³-hybridized carbons (Fsp3) is 0. The molecule has 4 nitrogen and oxygen atoms in total. The molecule has 0 aliphatic carbocycles. The van der Waals surface area contributed by atoms with Crippen LogP contribution >= 0.6 is 0 Å². The first-order valence-electron chi connectivity index (χ1n) is 2.82. The van der Waals surface area contributed by atoms with E-state index in [4.69, 9.17) is 9.56 Å². The van der Waals surface area contributed by atoms with E-state index in [9.17, 15) is 8.42 Å². The molecular formula is C6H7NO3S. The Hall–Kier alpha value is -1.07. The van der Waals surface area contributed by atoms with Gasteiger partial charge in [-0.2, -0.15) is 0 Å². The van der Waals surface area contributed by atoms with E-state index >= 15 is 0 Å². The lowest BCUT2D eigenvalue weighted by atomic mass is 10.5. The second kappa shape index (κ2) is 2.89. The van der Waals surface area contributed by atoms with E-state index in [0.29, 0.717) is 5.76 Å². The van der Waals surface area contributed by atoms with E-state index in [1.165, 1.54) is 12.3 Å². The van der Waals surface area contributed by atoms with E-state index in [1.54, 1.807) is 12.1 Å². The monoisotopic (exact) mass is 173 g/mol. The topological polar surface area (TPSA) is 73.3 Å². The molecule has 5 heteroatoms. The van der Waals surface area contributed by atoms with Gasteiger partial charge in [-0.05, 0) is 18.2 Å². The van der Waals surface area contributed by atoms with E-state index in [-0.39, 0.29) is 0 Å². The summed E-state index contributed by atoms with van der Waals surface area (Å²) in [5.41, 5.74) is 0. The fourth-order valence-electron chi connectivity index (χ4n) is 0.548. The summed E-state index contributed by atoms with van der Waals surface area (Å²) in [6, 6.07) is 3.28. The number of hydrogen-bond donors (Lipinski definition) is 1. The van der Waals surface area contributed by atoms with E-state index in [1.807, 2.05) is 0 Å². The molecule has 0 fully saturated rings. The molecule has 0 atom stereocenters. The van der Waals surface area contributed by atoms with E-state index in [2.05, 4.69) is 0 Å². The number of sulfonamides is 1. The molecule has 1 heterocycles. The van der Waals surface area contributed by atoms with Gasteiger partial charge in [0, 0.05) is 5.41 Å². The zero-order valence-corrected chi connectivity index (χ0v) is 6.41. The van der Waals surface area contributed by atoms with Crippen molar-refractivity contribution in [3.05, 3.63) is 29.6 Å². The Morgan fingerprint density at radius 3 is 2.73 bits per heavy atom. The Balaban J connectivity index is 2.79. The standard InChI is InChI=1S/C6H7NO3S/c7-11(8,9)5-3-6-2-1-4-10-6/h1-5H,(H2,7,8,9). The lowest BCUT2D eigenvalue weighted by Crippen LogP contribution is -2.06. The third kappa shape index (κ3) is 3.01. The zero-order chi connectivity index (χ0) is 8.32. The maximum atomic E-state index is 10.4. The lowest BCUT2D eigenvalue weighted by Gasteiger charge is -1.83. The Labute approximate surface area is 64.4 Å². The van der Waals surface area contributed by atoms with Crippen molar-refractivity contribution in [3.8, 4) is 0 Å². The highest BCUT2D eigenvalue weighted by Gasteiger charge is 1.94. The van der Waals surface area contributed by atoms with Gasteiger partial charge in [0.1, 0.15) is 5.76 Å². The number of furan rings is 1. The summed E-state index contributed by atoms with van der Waals surface area (Å²) in [4.78, 5) is 0. The smallest absolute Gasteiger partial charge is 0.231 e. The van der Waals surface area contributed by atoms with Gasteiger partial charge in [0.2, 0.25) is 10.0 Å². The Bertz CT molecular complexity index is 336. The van der Waals surface area contributed by atoms with Crippen LogP contribution in [0.5, 0.6) is 0 Å². The maximum Gasteiger partial charge on any atom is 0.231 e. The van der Waals surface area contributed by atoms with Gasteiger partial charge in [-0.3, -0.25) is 0 Å². The molecule has 1 aromatic heterocycles. The molecule has 1 aromatic rings. The van der Waals surface area contributed by atoms with Crippen molar-refractivity contribution in [2.75, 3.05) is 0 Å². The van der Waals surface area contributed by atoms with Crippen LogP contribution < -0.4 is 5.14 Å². The van der Waals surface area contributed by atoms with Gasteiger partial charge in [-0.15, -0.1) is 0 Å². The highest BCUT2D eigenvalue weighted by molar-refractivity contribution is 7.92. The molecule has 0 aliphatic heterocycles. The summed E-state index contributed by atoms with van der Waals surface area (Å²) in [7, 11) is -3.54. The van der Waals surface area contributed by atoms with Crippen LogP contribution in [0, 0.1) is 0 Å². The highest BCUT2D eigenvalue weighted by atomic mass is 32.2. The van der Waals surface area contributed by atoms with Crippen molar-refractivity contribution in [2.45, 2.75) is 0 Å². The molecule has 60 valence electrons. The second-order valence-electron chi connectivity index (χ2n) is 1.91. The first-order chi connectivity index (χ1) is 5.08. The lowest BCUT2D eigenvalue weighted by molar-refractivity contribution is 0.557. The molecule has 2 N–H and O–H groups in total. The van der Waals surface area contributed by atoms with E-state index < -0.39 is 10.0 Å². The molecule has 11 heavy (non-hydrogen) atoms. The zero-order valence-electron chi connectivity index (χ0n) is 5.60. The molecule has 0 amide bonds. The average molecular weight is 173 g/mol. The molecule has 0 saturated carbocycles. The molecule has 0 bridgehead atoms. The normalized spacial score (nSPS) is 12.5. The third-order valence-corrected chi connectivity index (χ3v) is 1.48. The summed E-state index contributed by atoms with van der Waals surface area (Å²) >= 11 is 0. The number of primary sulfonamides is 1. The van der Waals surface area contributed by atoms with Crippen molar-refractivity contribution in [1.29, 1.82) is 0 Å². The van der Waals surface area contributed by atoms with Gasteiger partial charge < -0.3 is 4.42 Å². The van der Waals surface area contributed by atoms with E-state index in [0.717, 1.165) is 5.41 Å². The maximum absolute atomic E-state index is 10.4. The number of hydrogen-bond acceptors (Lipinski definition) is 3. The van der Waals surface area contributed by atoms with Crippen molar-refractivity contribution >= 4 is 16.1 Å². The number of rotatable bonds is 2. The molecule has 0 aliphatic rings. The van der Waals surface area contributed by atoms with Gasteiger partial charge in [0.15, 0.2) is 0 Å². The largest absolute Gasteiger partial charge is 0.465 e. The van der Waals surface area contributed by atoms with Crippen molar-refractivity contribution in [2.24, 2.45) is 5.14 Å². The Kier molecular flexibility index (Phi) is 2.11. The van der Waals surface area contributed by atoms with Crippen LogP contribution in [-0.4, -0.2) is 8.42 Å². The Morgan fingerprint density at radius 2 is 2.27 bits per heavy atom. The minimum Gasteiger partial charge on any atom is -0.465 e. The molecule has 1 rings (SSSR count). The Morgan fingerprint density at radius 1 is 1.55 bits per heavy atom. The molecule has 0 saturated heterocycles. The van der Waals surface area contributed by atoms with Crippen LogP contribution in [0.3, 0.4) is 0 Å². The van der Waals surface area contributed by atoms with Crippen LogP contribution in [0.1, 0.15) is 5.76 Å². The minimum atomic E-state index is -3.54. The van der Waals surface area contributed by atoms with Gasteiger partial charge in [-0.25, -0.2) is 13.6 Å². The first-order valence-corrected chi connectivity index (χ1v) is 4.43. The third-order valence-electron chi connectivity index (χ3n) is 0.965. The van der Waals surface area contributed by atoms with Crippen molar-refractivity contribution < 1.29 is 12.8 Å². The summed E-state index contributed by atoms with van der Waals surface area (Å²) in [5, 5.41) is 5.58. The molecular weight excluding hydrogens is 166 g/mol. The van der Waals surface area contributed by atoms with Gasteiger partial charge in [0.05, 0.1) is 6.26 Å². The van der Waals surface area contributed by atoms with Crippen molar-refractivity contribution in [3.63, 3.8) is 0 Å². The fourth-order valence-corrected chi connectivity index (χ4v) is 0.872. The summed E-state index contributed by atoms with van der Waals surface area (Å²) in [6.07, 6.45) is 2.73. The van der Waals surface area contributed by atoms with Crippen molar-refractivity contribution in [1.82, 2.24) is 0 Å². The minimum absolute atomic E-state index is 0.457. The summed E-state index contributed by atoms with van der Waals surface area (Å²) in [6.45, 7) is 0. The summed E-state index contributed by atoms with van der Waals surface area (Å²) < 4.78 is 25.6. The van der Waals surface area contributed by atoms with Crippen LogP contribution in [0.25, 0.3) is 6.08 Å². The van der Waals surface area contributed by atoms with Crippen LogP contribution in [0.4, 0.5) is 0 Å². The predicted octanol–water partition coefficient (Wildman–Crippen LogP) is 0.539. The SMILES string of the molecule is NS(=O)(=O)C=Cc1ccco1. The number of nitrogens with two attached hydrogens (primary N) is 1. The van der Waals surface area contributed by atoms with Crippen LogP contribution in [-0.2, 0) is 10.0 Å². The predicted molar refractivity (Wildman–Crippen MR) is 40.8 cm³/mol. The molecule has 0 spiro atoms. The van der Waals surface area contributed by atoms with Gasteiger partial charge >= 0.3 is 0 Å². The quantitative estimate of drug-likeness (QED) is 0.709. The first kappa shape index (κ1) is 8.03. The molecule has 0 aromatic carbocycles. The van der Waals surface area contributed by atoms with Gasteiger partial charge in [0.25, 0.3) is 0 Å². The molecule has 0 radical (unpaired) electrons. The molecule has 0 unspecified atom stereocenters. The average Bonchev–Trinajstić information content (AvgIpc) is 2.32. The second-order valence-corrected chi connectivity index (χ2v) is 3.36.